The second-order valence-electron chi connectivity index (χ2n) is 2.23. The van der Waals surface area contributed by atoms with E-state index in [1.807, 2.05) is 24.3 Å². The van der Waals surface area contributed by atoms with E-state index in [1.165, 1.54) is 6.92 Å². The molecule has 69 valence electrons. The molecular formula is C8H9CuNOS. The molecule has 1 radical (unpaired) electrons. The van der Waals surface area contributed by atoms with Gasteiger partial charge in [0.05, 0.1) is 0 Å². The summed E-state index contributed by atoms with van der Waals surface area (Å²) in [5, 5.41) is 2.66. The summed E-state index contributed by atoms with van der Waals surface area (Å²) in [6.45, 7) is 1.48. The standard InChI is InChI=1S/C8H9NOS.Cu/c1-6(10)9-7-2-4-8(11)5-3-7;/h2-5,11H,1H3,(H,9,10);. The van der Waals surface area contributed by atoms with Crippen molar-refractivity contribution in [1.29, 1.82) is 0 Å². The molecule has 12 heavy (non-hydrogen) atoms. The van der Waals surface area contributed by atoms with E-state index in [-0.39, 0.29) is 23.0 Å². The van der Waals surface area contributed by atoms with Crippen LogP contribution >= 0.6 is 12.6 Å². The minimum absolute atomic E-state index is 0. The number of thiol groups is 1. The molecule has 0 fully saturated rings. The van der Waals surface area contributed by atoms with Gasteiger partial charge in [0.25, 0.3) is 0 Å². The van der Waals surface area contributed by atoms with Gasteiger partial charge in [-0.3, -0.25) is 4.79 Å². The fraction of sp³-hybridized carbons (Fsp3) is 0.125. The van der Waals surface area contributed by atoms with Crippen molar-refractivity contribution in [3.8, 4) is 0 Å². The van der Waals surface area contributed by atoms with Crippen LogP contribution < -0.4 is 5.32 Å². The van der Waals surface area contributed by atoms with Crippen LogP contribution in [0.3, 0.4) is 0 Å². The fourth-order valence-corrected chi connectivity index (χ4v) is 0.897. The Labute approximate surface area is 87.6 Å². The molecule has 0 aromatic heterocycles. The average molecular weight is 231 g/mol. The van der Waals surface area contributed by atoms with Crippen molar-refractivity contribution in [3.05, 3.63) is 24.3 Å². The number of carbonyl (C=O) groups is 1. The van der Waals surface area contributed by atoms with Gasteiger partial charge < -0.3 is 5.32 Å². The molecule has 0 atom stereocenters. The van der Waals surface area contributed by atoms with E-state index in [0.717, 1.165) is 10.6 Å². The fourth-order valence-electron chi connectivity index (χ4n) is 0.748. The molecule has 4 heteroatoms. The first-order chi connectivity index (χ1) is 5.18. The molecule has 0 heterocycles. The largest absolute Gasteiger partial charge is 0.326 e. The van der Waals surface area contributed by atoms with Crippen molar-refractivity contribution in [2.45, 2.75) is 11.8 Å². The van der Waals surface area contributed by atoms with E-state index >= 15 is 0 Å². The Hall–Kier alpha value is -0.441. The van der Waals surface area contributed by atoms with Crippen molar-refractivity contribution < 1.29 is 21.9 Å². The van der Waals surface area contributed by atoms with Crippen LogP contribution in [0.1, 0.15) is 6.92 Å². The van der Waals surface area contributed by atoms with Crippen LogP contribution in [-0.2, 0) is 21.9 Å². The minimum Gasteiger partial charge on any atom is -0.326 e. The van der Waals surface area contributed by atoms with Gasteiger partial charge in [-0.05, 0) is 24.3 Å². The average Bonchev–Trinajstić information content (AvgIpc) is 1.93. The van der Waals surface area contributed by atoms with Crippen LogP contribution in [0.2, 0.25) is 0 Å². The molecule has 0 spiro atoms. The van der Waals surface area contributed by atoms with Gasteiger partial charge in [0.1, 0.15) is 0 Å². The van der Waals surface area contributed by atoms with Gasteiger partial charge in [-0.25, -0.2) is 0 Å². The second kappa shape index (κ2) is 5.25. The zero-order chi connectivity index (χ0) is 8.27. The summed E-state index contributed by atoms with van der Waals surface area (Å²) in [5.74, 6) is -0.0584. The van der Waals surface area contributed by atoms with Gasteiger partial charge in [-0.2, -0.15) is 0 Å². The minimum atomic E-state index is -0.0584. The smallest absolute Gasteiger partial charge is 0.221 e. The third-order valence-electron chi connectivity index (χ3n) is 1.19. The molecule has 2 nitrogen and oxygen atoms in total. The predicted molar refractivity (Wildman–Crippen MR) is 48.0 cm³/mol. The van der Waals surface area contributed by atoms with E-state index in [4.69, 9.17) is 0 Å². The Balaban J connectivity index is 0.00000121. The first-order valence-corrected chi connectivity index (χ1v) is 3.70. The summed E-state index contributed by atoms with van der Waals surface area (Å²) in [6.07, 6.45) is 0. The van der Waals surface area contributed by atoms with Gasteiger partial charge in [0.2, 0.25) is 5.91 Å². The number of anilines is 1. The van der Waals surface area contributed by atoms with E-state index in [2.05, 4.69) is 17.9 Å². The van der Waals surface area contributed by atoms with Gasteiger partial charge in [0.15, 0.2) is 0 Å². The molecule has 0 aliphatic heterocycles. The third-order valence-corrected chi connectivity index (χ3v) is 1.49. The monoisotopic (exact) mass is 230 g/mol. The third kappa shape index (κ3) is 3.81. The van der Waals surface area contributed by atoms with Crippen molar-refractivity contribution in [2.75, 3.05) is 5.32 Å². The van der Waals surface area contributed by atoms with Gasteiger partial charge in [-0.15, -0.1) is 12.6 Å². The van der Waals surface area contributed by atoms with E-state index in [1.54, 1.807) is 0 Å². The van der Waals surface area contributed by atoms with Gasteiger partial charge in [-0.1, -0.05) is 0 Å². The van der Waals surface area contributed by atoms with Crippen LogP contribution in [-0.4, -0.2) is 5.91 Å². The Morgan fingerprint density at radius 1 is 1.33 bits per heavy atom. The number of nitrogens with one attached hydrogen (secondary N) is 1. The number of hydrogen-bond donors (Lipinski definition) is 2. The van der Waals surface area contributed by atoms with Gasteiger partial charge >= 0.3 is 0 Å². The summed E-state index contributed by atoms with van der Waals surface area (Å²) in [5.41, 5.74) is 0.801. The SMILES string of the molecule is CC(=O)Nc1ccc(S)cc1.[Cu]. The Kier molecular flexibility index (Phi) is 5.06. The maximum absolute atomic E-state index is 10.6. The zero-order valence-electron chi connectivity index (χ0n) is 6.47. The second-order valence-corrected chi connectivity index (χ2v) is 2.74. The molecule has 1 rings (SSSR count). The summed E-state index contributed by atoms with van der Waals surface area (Å²) in [6, 6.07) is 7.27. The Morgan fingerprint density at radius 3 is 2.25 bits per heavy atom. The Bertz CT molecular complexity index is 260. The van der Waals surface area contributed by atoms with Crippen LogP contribution in [0, 0.1) is 0 Å². The number of carbonyl (C=O) groups excluding carboxylic acids is 1. The zero-order valence-corrected chi connectivity index (χ0v) is 8.30. The molecule has 0 saturated heterocycles. The van der Waals surface area contributed by atoms with Crippen LogP contribution in [0.4, 0.5) is 5.69 Å². The topological polar surface area (TPSA) is 29.1 Å². The molecule has 1 N–H and O–H groups in total. The number of benzene rings is 1. The van der Waals surface area contributed by atoms with E-state index in [0.29, 0.717) is 0 Å². The number of rotatable bonds is 1. The van der Waals surface area contributed by atoms with E-state index < -0.39 is 0 Å². The summed E-state index contributed by atoms with van der Waals surface area (Å²) in [7, 11) is 0. The quantitative estimate of drug-likeness (QED) is 0.560. The molecule has 0 saturated carbocycles. The molecule has 1 aromatic rings. The number of hydrogen-bond acceptors (Lipinski definition) is 2. The van der Waals surface area contributed by atoms with Crippen molar-refractivity contribution in [2.24, 2.45) is 0 Å². The molecule has 0 unspecified atom stereocenters. The Morgan fingerprint density at radius 2 is 1.83 bits per heavy atom. The molecule has 0 aliphatic rings. The van der Waals surface area contributed by atoms with Crippen LogP contribution in [0.25, 0.3) is 0 Å². The van der Waals surface area contributed by atoms with E-state index in [9.17, 15) is 4.79 Å². The first-order valence-electron chi connectivity index (χ1n) is 3.25. The molecule has 1 aromatic carbocycles. The van der Waals surface area contributed by atoms with Gasteiger partial charge in [0, 0.05) is 34.6 Å². The van der Waals surface area contributed by atoms with Crippen molar-refractivity contribution in [3.63, 3.8) is 0 Å². The normalized spacial score (nSPS) is 8.50. The van der Waals surface area contributed by atoms with Crippen LogP contribution in [0.5, 0.6) is 0 Å². The van der Waals surface area contributed by atoms with Crippen molar-refractivity contribution in [1.82, 2.24) is 0 Å². The molecule has 0 aliphatic carbocycles. The molecular weight excluding hydrogens is 222 g/mol. The first kappa shape index (κ1) is 11.6. The predicted octanol–water partition coefficient (Wildman–Crippen LogP) is 1.93. The van der Waals surface area contributed by atoms with Crippen molar-refractivity contribution >= 4 is 24.2 Å². The maximum Gasteiger partial charge on any atom is 0.221 e. The summed E-state index contributed by atoms with van der Waals surface area (Å²) in [4.78, 5) is 11.5. The summed E-state index contributed by atoms with van der Waals surface area (Å²) < 4.78 is 0. The van der Waals surface area contributed by atoms with Crippen LogP contribution in [0.15, 0.2) is 29.2 Å². The number of amides is 1. The summed E-state index contributed by atoms with van der Waals surface area (Å²) >= 11 is 4.11. The molecule has 0 bridgehead atoms. The molecule has 1 amide bonds. The maximum atomic E-state index is 10.6.